The van der Waals surface area contributed by atoms with E-state index in [-0.39, 0.29) is 24.1 Å². The molecular weight excluding hydrogens is 340 g/mol. The molecule has 0 aliphatic rings. The molecule has 1 amide bonds. The lowest BCUT2D eigenvalue weighted by molar-refractivity contribution is -0.133. The zero-order valence-electron chi connectivity index (χ0n) is 15.3. The van der Waals surface area contributed by atoms with Gasteiger partial charge in [-0.3, -0.25) is 14.2 Å². The Bertz CT molecular complexity index is 1060. The smallest absolute Gasteiger partial charge is 0.269 e. The topological polar surface area (TPSA) is 79.0 Å². The lowest BCUT2D eigenvalue weighted by atomic mass is 10.0. The van der Waals surface area contributed by atoms with Crippen LogP contribution in [0.5, 0.6) is 0 Å². The highest BCUT2D eigenvalue weighted by atomic mass is 16.2. The first-order valence-electron chi connectivity index (χ1n) is 8.79. The van der Waals surface area contributed by atoms with Crippen LogP contribution in [0, 0.1) is 11.3 Å². The van der Waals surface area contributed by atoms with Gasteiger partial charge in [0.1, 0.15) is 6.54 Å². The number of rotatable bonds is 5. The maximum atomic E-state index is 13.0. The Kier molecular flexibility index (Phi) is 5.32. The second-order valence-corrected chi connectivity index (χ2v) is 6.26. The predicted molar refractivity (Wildman–Crippen MR) is 103 cm³/mol. The van der Waals surface area contributed by atoms with E-state index < -0.39 is 0 Å². The van der Waals surface area contributed by atoms with Gasteiger partial charge in [-0.25, -0.2) is 4.98 Å². The molecule has 27 heavy (non-hydrogen) atoms. The van der Waals surface area contributed by atoms with E-state index in [1.54, 1.807) is 23.1 Å². The summed E-state index contributed by atoms with van der Waals surface area (Å²) in [5, 5.41) is 8.94. The maximum absolute atomic E-state index is 13.0. The first kappa shape index (κ1) is 18.3. The lowest BCUT2D eigenvalue weighted by Crippen LogP contribution is -2.38. The molecule has 0 bridgehead atoms. The molecule has 1 heterocycles. The number of likely N-dealkylation sites (N-methyl/N-ethyl adjacent to an activating group) is 1. The van der Waals surface area contributed by atoms with Gasteiger partial charge in [0.15, 0.2) is 0 Å². The van der Waals surface area contributed by atoms with Crippen molar-refractivity contribution in [1.82, 2.24) is 14.5 Å². The summed E-state index contributed by atoms with van der Waals surface area (Å²) in [6, 6.07) is 16.4. The van der Waals surface area contributed by atoms with Gasteiger partial charge in [0.25, 0.3) is 5.56 Å². The van der Waals surface area contributed by atoms with Gasteiger partial charge in [-0.15, -0.1) is 0 Å². The van der Waals surface area contributed by atoms with Crippen molar-refractivity contribution in [2.24, 2.45) is 0 Å². The van der Waals surface area contributed by atoms with Crippen molar-refractivity contribution in [3.8, 4) is 6.07 Å². The number of para-hydroxylation sites is 2. The molecule has 0 saturated heterocycles. The number of aromatic nitrogens is 2. The van der Waals surface area contributed by atoms with E-state index in [9.17, 15) is 9.59 Å². The molecular formula is C21H20N4O2. The summed E-state index contributed by atoms with van der Waals surface area (Å²) >= 11 is 0. The molecule has 6 nitrogen and oxygen atoms in total. The second-order valence-electron chi connectivity index (χ2n) is 6.26. The van der Waals surface area contributed by atoms with Crippen molar-refractivity contribution in [2.75, 3.05) is 6.54 Å². The summed E-state index contributed by atoms with van der Waals surface area (Å²) in [5.41, 5.74) is 2.53. The fourth-order valence-corrected chi connectivity index (χ4v) is 3.19. The van der Waals surface area contributed by atoms with Crippen LogP contribution in [0.4, 0.5) is 0 Å². The van der Waals surface area contributed by atoms with Gasteiger partial charge in [0, 0.05) is 6.54 Å². The van der Waals surface area contributed by atoms with Crippen LogP contribution in [0.25, 0.3) is 11.0 Å². The lowest BCUT2D eigenvalue weighted by Gasteiger charge is -2.29. The van der Waals surface area contributed by atoms with Gasteiger partial charge in [0.2, 0.25) is 5.91 Å². The summed E-state index contributed by atoms with van der Waals surface area (Å²) in [6.07, 6.45) is 1.25. The number of fused-ring (bicyclic) bond motifs is 1. The monoisotopic (exact) mass is 360 g/mol. The summed E-state index contributed by atoms with van der Waals surface area (Å²) in [6.45, 7) is 4.32. The predicted octanol–water partition coefficient (Wildman–Crippen LogP) is 2.88. The zero-order chi connectivity index (χ0) is 19.4. The third-order valence-electron chi connectivity index (χ3n) is 4.70. The summed E-state index contributed by atoms with van der Waals surface area (Å²) < 4.78 is 1.46. The molecule has 2 aromatic carbocycles. The number of carbonyl (C=O) groups is 1. The number of nitrogens with zero attached hydrogens (tertiary/aromatic N) is 4. The SMILES string of the molecule is CCN(C(=O)Cn1c(=O)cnc2ccccc21)C(C)c1ccc(C#N)cc1. The van der Waals surface area contributed by atoms with E-state index in [2.05, 4.69) is 11.1 Å². The Labute approximate surface area is 157 Å². The molecule has 1 atom stereocenters. The highest BCUT2D eigenvalue weighted by Gasteiger charge is 2.21. The molecule has 0 fully saturated rings. The van der Waals surface area contributed by atoms with Crippen molar-refractivity contribution in [1.29, 1.82) is 5.26 Å². The highest BCUT2D eigenvalue weighted by Crippen LogP contribution is 2.21. The Morgan fingerprint density at radius 3 is 2.59 bits per heavy atom. The van der Waals surface area contributed by atoms with E-state index in [1.807, 2.05) is 44.2 Å². The summed E-state index contributed by atoms with van der Waals surface area (Å²) in [5.74, 6) is -0.146. The van der Waals surface area contributed by atoms with Crippen molar-refractivity contribution < 1.29 is 4.79 Å². The molecule has 3 aromatic rings. The van der Waals surface area contributed by atoms with Crippen molar-refractivity contribution in [3.05, 3.63) is 76.2 Å². The molecule has 0 aliphatic carbocycles. The largest absolute Gasteiger partial charge is 0.335 e. The maximum Gasteiger partial charge on any atom is 0.269 e. The van der Waals surface area contributed by atoms with E-state index in [4.69, 9.17) is 5.26 Å². The van der Waals surface area contributed by atoms with Gasteiger partial charge in [-0.1, -0.05) is 24.3 Å². The average molecular weight is 360 g/mol. The average Bonchev–Trinajstić information content (AvgIpc) is 2.70. The van der Waals surface area contributed by atoms with Crippen molar-refractivity contribution >= 4 is 16.9 Å². The second kappa shape index (κ2) is 7.83. The van der Waals surface area contributed by atoms with Gasteiger partial charge in [-0.05, 0) is 43.7 Å². The molecule has 0 saturated carbocycles. The number of benzene rings is 2. The standard InChI is InChI=1S/C21H20N4O2/c1-3-24(15(2)17-10-8-16(12-22)9-11-17)21(27)14-25-19-7-5-4-6-18(19)23-13-20(25)26/h4-11,13,15H,3,14H2,1-2H3. The molecule has 0 N–H and O–H groups in total. The Hall–Kier alpha value is -3.46. The number of hydrogen-bond acceptors (Lipinski definition) is 4. The Morgan fingerprint density at radius 1 is 1.22 bits per heavy atom. The van der Waals surface area contributed by atoms with E-state index in [1.165, 1.54) is 10.8 Å². The Balaban J connectivity index is 1.88. The zero-order valence-corrected chi connectivity index (χ0v) is 15.3. The minimum absolute atomic E-state index is 0.0453. The molecule has 0 aliphatic heterocycles. The normalized spacial score (nSPS) is 11.7. The van der Waals surface area contributed by atoms with Gasteiger partial charge >= 0.3 is 0 Å². The summed E-state index contributed by atoms with van der Waals surface area (Å²) in [4.78, 5) is 31.1. The Morgan fingerprint density at radius 2 is 1.93 bits per heavy atom. The van der Waals surface area contributed by atoms with E-state index >= 15 is 0 Å². The molecule has 3 rings (SSSR count). The molecule has 6 heteroatoms. The van der Waals surface area contributed by atoms with Crippen LogP contribution in [-0.4, -0.2) is 26.9 Å². The van der Waals surface area contributed by atoms with Crippen LogP contribution in [0.1, 0.15) is 31.0 Å². The molecule has 0 spiro atoms. The molecule has 0 radical (unpaired) electrons. The van der Waals surface area contributed by atoms with Crippen LogP contribution in [0.15, 0.2) is 59.5 Å². The first-order chi connectivity index (χ1) is 13.0. The van der Waals surface area contributed by atoms with Gasteiger partial charge < -0.3 is 4.90 Å². The minimum Gasteiger partial charge on any atom is -0.335 e. The fourth-order valence-electron chi connectivity index (χ4n) is 3.19. The number of carbonyl (C=O) groups excluding carboxylic acids is 1. The van der Waals surface area contributed by atoms with E-state index in [0.29, 0.717) is 23.1 Å². The third-order valence-corrected chi connectivity index (χ3v) is 4.70. The molecule has 136 valence electrons. The summed E-state index contributed by atoms with van der Waals surface area (Å²) in [7, 11) is 0. The number of amides is 1. The van der Waals surface area contributed by atoms with Crippen LogP contribution >= 0.6 is 0 Å². The molecule has 1 unspecified atom stereocenters. The number of hydrogen-bond donors (Lipinski definition) is 0. The van der Waals surface area contributed by atoms with Crippen molar-refractivity contribution in [2.45, 2.75) is 26.4 Å². The van der Waals surface area contributed by atoms with Crippen LogP contribution < -0.4 is 5.56 Å². The van der Waals surface area contributed by atoms with Crippen LogP contribution in [-0.2, 0) is 11.3 Å². The number of nitriles is 1. The van der Waals surface area contributed by atoms with Gasteiger partial charge in [-0.2, -0.15) is 5.26 Å². The van der Waals surface area contributed by atoms with Crippen molar-refractivity contribution in [3.63, 3.8) is 0 Å². The quantitative estimate of drug-likeness (QED) is 0.701. The third kappa shape index (κ3) is 3.72. The highest BCUT2D eigenvalue weighted by molar-refractivity contribution is 5.80. The van der Waals surface area contributed by atoms with E-state index in [0.717, 1.165) is 5.56 Å². The fraction of sp³-hybridized carbons (Fsp3) is 0.238. The van der Waals surface area contributed by atoms with Crippen LogP contribution in [0.3, 0.4) is 0 Å². The first-order valence-corrected chi connectivity index (χ1v) is 8.79. The minimum atomic E-state index is -0.302. The van der Waals surface area contributed by atoms with Crippen LogP contribution in [0.2, 0.25) is 0 Å². The van der Waals surface area contributed by atoms with Gasteiger partial charge in [0.05, 0.1) is 34.9 Å². The molecule has 1 aromatic heterocycles.